The van der Waals surface area contributed by atoms with Gasteiger partial charge in [0.1, 0.15) is 5.60 Å². The van der Waals surface area contributed by atoms with E-state index in [1.807, 2.05) is 32.9 Å². The summed E-state index contributed by atoms with van der Waals surface area (Å²) in [6.45, 7) is 6.11. The van der Waals surface area contributed by atoms with E-state index in [-0.39, 0.29) is 25.7 Å². The highest BCUT2D eigenvalue weighted by molar-refractivity contribution is 5.72. The van der Waals surface area contributed by atoms with Crippen LogP contribution in [0.2, 0.25) is 0 Å². The number of carbonyl (C=O) groups excluding carboxylic acids is 1. The van der Waals surface area contributed by atoms with E-state index in [0.29, 0.717) is 17.9 Å². The van der Waals surface area contributed by atoms with Gasteiger partial charge in [-0.3, -0.25) is 9.78 Å². The lowest BCUT2D eigenvalue weighted by Gasteiger charge is -2.19. The Hall–Kier alpha value is -1.50. The van der Waals surface area contributed by atoms with Crippen LogP contribution in [0.15, 0.2) is 12.1 Å². The van der Waals surface area contributed by atoms with Gasteiger partial charge in [0, 0.05) is 0 Å². The van der Waals surface area contributed by atoms with Crippen molar-refractivity contribution < 1.29 is 19.7 Å². The van der Waals surface area contributed by atoms with E-state index < -0.39 is 5.60 Å². The molecular formula is C16H26N2O4. The quantitative estimate of drug-likeness (QED) is 0.489. The van der Waals surface area contributed by atoms with E-state index in [1.54, 1.807) is 0 Å². The first kappa shape index (κ1) is 18.5. The Morgan fingerprint density at radius 1 is 1.23 bits per heavy atom. The molecule has 0 bridgehead atoms. The van der Waals surface area contributed by atoms with Gasteiger partial charge in [0.25, 0.3) is 0 Å². The topological polar surface area (TPSA) is 91.7 Å². The number of carbonyl (C=O) groups is 1. The van der Waals surface area contributed by atoms with Crippen molar-refractivity contribution in [3.63, 3.8) is 0 Å². The van der Waals surface area contributed by atoms with Crippen LogP contribution in [0.3, 0.4) is 0 Å². The van der Waals surface area contributed by atoms with Gasteiger partial charge in [0.2, 0.25) is 0 Å². The van der Waals surface area contributed by atoms with Gasteiger partial charge in [-0.1, -0.05) is 0 Å². The Kier molecular flexibility index (Phi) is 7.44. The number of aryl methyl sites for hydroxylation is 1. The highest BCUT2D eigenvalue weighted by atomic mass is 16.6. The molecule has 0 unspecified atom stereocenters. The fourth-order valence-corrected chi connectivity index (χ4v) is 2.01. The van der Waals surface area contributed by atoms with Crippen molar-refractivity contribution in [3.05, 3.63) is 29.1 Å². The van der Waals surface area contributed by atoms with Crippen molar-refractivity contribution in [1.29, 1.82) is 0 Å². The molecule has 1 aromatic heterocycles. The van der Waals surface area contributed by atoms with Gasteiger partial charge >= 0.3 is 5.97 Å². The molecule has 1 heterocycles. The number of aliphatic hydroxyl groups excluding tert-OH is 2. The first-order chi connectivity index (χ1) is 10.3. The molecule has 1 rings (SSSR count). The van der Waals surface area contributed by atoms with Crippen LogP contribution in [0.1, 0.15) is 44.1 Å². The summed E-state index contributed by atoms with van der Waals surface area (Å²) in [6.07, 6.45) is 1.62. The van der Waals surface area contributed by atoms with Crippen LogP contribution in [0.25, 0.3) is 0 Å². The first-order valence-electron chi connectivity index (χ1n) is 7.47. The van der Waals surface area contributed by atoms with Crippen LogP contribution < -0.4 is 5.32 Å². The lowest BCUT2D eigenvalue weighted by atomic mass is 10.1. The molecule has 124 valence electrons. The molecule has 0 spiro atoms. The predicted molar refractivity (Wildman–Crippen MR) is 83.1 cm³/mol. The van der Waals surface area contributed by atoms with Crippen molar-refractivity contribution in [2.75, 3.05) is 13.1 Å². The van der Waals surface area contributed by atoms with Crippen LogP contribution in [0, 0.1) is 0 Å². The van der Waals surface area contributed by atoms with Crippen molar-refractivity contribution in [2.24, 2.45) is 0 Å². The summed E-state index contributed by atoms with van der Waals surface area (Å²) in [5.74, 6) is -0.262. The van der Waals surface area contributed by atoms with Crippen molar-refractivity contribution >= 4 is 5.97 Å². The first-order valence-corrected chi connectivity index (χ1v) is 7.47. The zero-order valence-corrected chi connectivity index (χ0v) is 13.6. The second kappa shape index (κ2) is 8.82. The zero-order valence-electron chi connectivity index (χ0n) is 13.6. The van der Waals surface area contributed by atoms with Gasteiger partial charge in [0.15, 0.2) is 0 Å². The van der Waals surface area contributed by atoms with Gasteiger partial charge in [-0.05, 0) is 57.9 Å². The van der Waals surface area contributed by atoms with Gasteiger partial charge in [-0.15, -0.1) is 0 Å². The van der Waals surface area contributed by atoms with E-state index in [9.17, 15) is 4.79 Å². The molecule has 6 nitrogen and oxygen atoms in total. The molecule has 0 fully saturated rings. The van der Waals surface area contributed by atoms with Crippen molar-refractivity contribution in [2.45, 2.75) is 52.4 Å². The number of hydrogen-bond donors (Lipinski definition) is 3. The Bertz CT molecular complexity index is 461. The Morgan fingerprint density at radius 3 is 2.32 bits per heavy atom. The molecular weight excluding hydrogens is 284 g/mol. The number of rotatable bonds is 8. The molecule has 0 atom stereocenters. The van der Waals surface area contributed by atoms with Crippen LogP contribution in [0.5, 0.6) is 0 Å². The summed E-state index contributed by atoms with van der Waals surface area (Å²) in [7, 11) is 0. The number of hydrogen-bond acceptors (Lipinski definition) is 6. The largest absolute Gasteiger partial charge is 0.459 e. The van der Waals surface area contributed by atoms with Crippen LogP contribution in [-0.2, 0) is 29.2 Å². The average Bonchev–Trinajstić information content (AvgIpc) is 2.44. The number of aliphatic hydroxyl groups is 2. The Balaban J connectivity index is 2.31. The van der Waals surface area contributed by atoms with Gasteiger partial charge in [-0.2, -0.15) is 0 Å². The molecule has 1 aromatic rings. The fourth-order valence-electron chi connectivity index (χ4n) is 2.01. The molecule has 0 saturated carbocycles. The van der Waals surface area contributed by atoms with E-state index in [2.05, 4.69) is 10.3 Å². The van der Waals surface area contributed by atoms with E-state index >= 15 is 0 Å². The molecule has 3 N–H and O–H groups in total. The van der Waals surface area contributed by atoms with E-state index in [0.717, 1.165) is 18.4 Å². The minimum Gasteiger partial charge on any atom is -0.459 e. The summed E-state index contributed by atoms with van der Waals surface area (Å²) in [5.41, 5.74) is 1.67. The summed E-state index contributed by atoms with van der Waals surface area (Å²) in [4.78, 5) is 15.6. The van der Waals surface area contributed by atoms with Gasteiger partial charge < -0.3 is 20.3 Å². The fraction of sp³-hybridized carbons (Fsp3) is 0.625. The maximum atomic E-state index is 11.5. The molecule has 0 aliphatic heterocycles. The molecule has 0 aromatic carbocycles. The smallest absolute Gasteiger partial charge is 0.320 e. The summed E-state index contributed by atoms with van der Waals surface area (Å²) >= 11 is 0. The van der Waals surface area contributed by atoms with E-state index in [4.69, 9.17) is 14.9 Å². The van der Waals surface area contributed by atoms with Crippen molar-refractivity contribution in [3.8, 4) is 0 Å². The third-order valence-electron chi connectivity index (χ3n) is 2.82. The molecule has 22 heavy (non-hydrogen) atoms. The predicted octanol–water partition coefficient (Wildman–Crippen LogP) is 0.930. The number of nitrogens with one attached hydrogen (secondary N) is 1. The number of pyridine rings is 1. The molecule has 6 heteroatoms. The average molecular weight is 310 g/mol. The highest BCUT2D eigenvalue weighted by Gasteiger charge is 2.15. The number of ether oxygens (including phenoxy) is 1. The lowest BCUT2D eigenvalue weighted by molar-refractivity contribution is -0.153. The van der Waals surface area contributed by atoms with Crippen LogP contribution in [-0.4, -0.2) is 39.9 Å². The second-order valence-electron chi connectivity index (χ2n) is 6.14. The molecule has 0 aliphatic carbocycles. The van der Waals surface area contributed by atoms with Gasteiger partial charge in [-0.25, -0.2) is 0 Å². The maximum Gasteiger partial charge on any atom is 0.320 e. The van der Waals surface area contributed by atoms with Gasteiger partial charge in [0.05, 0.1) is 31.1 Å². The minimum atomic E-state index is -0.461. The molecule has 0 amide bonds. The lowest BCUT2D eigenvalue weighted by Crippen LogP contribution is -2.32. The normalized spacial score (nSPS) is 11.5. The molecule has 0 saturated heterocycles. The highest BCUT2D eigenvalue weighted by Crippen LogP contribution is 2.09. The number of nitrogens with zero attached hydrogens (tertiary/aromatic N) is 1. The second-order valence-corrected chi connectivity index (χ2v) is 6.14. The third kappa shape index (κ3) is 7.49. The Morgan fingerprint density at radius 2 is 1.82 bits per heavy atom. The van der Waals surface area contributed by atoms with Crippen LogP contribution in [0.4, 0.5) is 0 Å². The molecule has 0 aliphatic rings. The number of esters is 1. The maximum absolute atomic E-state index is 11.5. The van der Waals surface area contributed by atoms with Crippen LogP contribution >= 0.6 is 0 Å². The monoisotopic (exact) mass is 310 g/mol. The minimum absolute atomic E-state index is 0.141. The Labute approximate surface area is 131 Å². The van der Waals surface area contributed by atoms with E-state index in [1.165, 1.54) is 0 Å². The summed E-state index contributed by atoms with van der Waals surface area (Å²) in [6, 6.07) is 3.65. The van der Waals surface area contributed by atoms with Crippen molar-refractivity contribution in [1.82, 2.24) is 10.3 Å². The zero-order chi connectivity index (χ0) is 16.6. The summed E-state index contributed by atoms with van der Waals surface area (Å²) < 4.78 is 5.20. The third-order valence-corrected chi connectivity index (χ3v) is 2.82. The summed E-state index contributed by atoms with van der Waals surface area (Å²) in [5, 5.41) is 21.3. The standard InChI is InChI=1S/C16H26N2O4/c1-16(2,3)22-15(21)9-17-6-4-5-12-7-13(10-19)18-14(8-12)11-20/h7-8,17,19-20H,4-6,9-11H2,1-3H3. The number of aromatic nitrogens is 1. The SMILES string of the molecule is CC(C)(C)OC(=O)CNCCCc1cc(CO)nc(CO)c1. The molecule has 0 radical (unpaired) electrons.